The minimum atomic E-state index is -3.53. The van der Waals surface area contributed by atoms with Gasteiger partial charge in [-0.2, -0.15) is 4.31 Å². The largest absolute Gasteiger partial charge is 0.381 e. The quantitative estimate of drug-likeness (QED) is 0.771. The Morgan fingerprint density at radius 2 is 1.76 bits per heavy atom. The van der Waals surface area contributed by atoms with Crippen molar-refractivity contribution in [1.82, 2.24) is 9.21 Å². The molecule has 0 radical (unpaired) electrons. The molecule has 0 bridgehead atoms. The molecule has 0 N–H and O–H groups in total. The lowest BCUT2D eigenvalue weighted by atomic mass is 9.99. The molecular weight excluding hydrogens is 343 g/mol. The van der Waals surface area contributed by atoms with E-state index in [4.69, 9.17) is 4.74 Å². The normalized spacial score (nSPS) is 21.0. The van der Waals surface area contributed by atoms with Crippen molar-refractivity contribution in [1.29, 1.82) is 0 Å². The minimum absolute atomic E-state index is 0.161. The van der Waals surface area contributed by atoms with E-state index in [1.165, 1.54) is 28.6 Å². The summed E-state index contributed by atoms with van der Waals surface area (Å²) in [6.45, 7) is 7.93. The molecule has 0 spiro atoms. The van der Waals surface area contributed by atoms with Crippen molar-refractivity contribution in [2.45, 2.75) is 43.7 Å². The number of hydrogen-bond donors (Lipinski definition) is 0. The summed E-state index contributed by atoms with van der Waals surface area (Å²) >= 11 is 0. The molecule has 140 valence electrons. The van der Waals surface area contributed by atoms with E-state index in [9.17, 15) is 12.8 Å². The Morgan fingerprint density at radius 1 is 1.16 bits per heavy atom. The lowest BCUT2D eigenvalue weighted by molar-refractivity contribution is -0.0157. The van der Waals surface area contributed by atoms with Gasteiger partial charge in [0, 0.05) is 44.9 Å². The van der Waals surface area contributed by atoms with Gasteiger partial charge in [0.15, 0.2) is 0 Å². The first-order valence-corrected chi connectivity index (χ1v) is 10.4. The second-order valence-electron chi connectivity index (χ2n) is 7.36. The van der Waals surface area contributed by atoms with Crippen LogP contribution in [-0.4, -0.2) is 62.6 Å². The van der Waals surface area contributed by atoms with E-state index in [1.807, 2.05) is 0 Å². The first-order chi connectivity index (χ1) is 11.9. The van der Waals surface area contributed by atoms with Gasteiger partial charge in [-0.05, 0) is 43.0 Å². The zero-order valence-corrected chi connectivity index (χ0v) is 15.7. The van der Waals surface area contributed by atoms with Crippen molar-refractivity contribution in [3.8, 4) is 0 Å². The second-order valence-corrected chi connectivity index (χ2v) is 9.30. The highest BCUT2D eigenvalue weighted by atomic mass is 32.2. The summed E-state index contributed by atoms with van der Waals surface area (Å²) < 4.78 is 45.3. The molecule has 0 saturated carbocycles. The summed E-state index contributed by atoms with van der Waals surface area (Å²) in [4.78, 5) is 2.64. The smallest absolute Gasteiger partial charge is 0.243 e. The highest BCUT2D eigenvalue weighted by Crippen LogP contribution is 2.28. The molecule has 0 aromatic heterocycles. The van der Waals surface area contributed by atoms with E-state index in [-0.39, 0.29) is 10.9 Å². The van der Waals surface area contributed by atoms with Crippen LogP contribution in [0.25, 0.3) is 0 Å². The highest BCUT2D eigenvalue weighted by Gasteiger charge is 2.41. The Morgan fingerprint density at radius 3 is 2.32 bits per heavy atom. The van der Waals surface area contributed by atoms with Crippen molar-refractivity contribution in [2.24, 2.45) is 5.92 Å². The van der Waals surface area contributed by atoms with Gasteiger partial charge in [-0.25, -0.2) is 12.8 Å². The molecule has 7 heteroatoms. The number of nitrogens with zero attached hydrogens (tertiary/aromatic N) is 2. The topological polar surface area (TPSA) is 49.9 Å². The van der Waals surface area contributed by atoms with Crippen molar-refractivity contribution >= 4 is 10.0 Å². The Kier molecular flexibility index (Phi) is 5.78. The Labute approximate surface area is 149 Å². The number of sulfonamides is 1. The monoisotopic (exact) mass is 370 g/mol. The fraction of sp³-hybridized carbons (Fsp3) is 0.667. The molecule has 1 aromatic carbocycles. The molecule has 2 saturated heterocycles. The van der Waals surface area contributed by atoms with Gasteiger partial charge in [0.1, 0.15) is 5.82 Å². The third kappa shape index (κ3) is 4.22. The van der Waals surface area contributed by atoms with Crippen molar-refractivity contribution < 1.29 is 17.5 Å². The van der Waals surface area contributed by atoms with Crippen LogP contribution in [0.5, 0.6) is 0 Å². The van der Waals surface area contributed by atoms with E-state index >= 15 is 0 Å². The van der Waals surface area contributed by atoms with Crippen molar-refractivity contribution in [2.75, 3.05) is 32.8 Å². The van der Waals surface area contributed by atoms with E-state index in [0.717, 1.165) is 32.6 Å². The standard InChI is InChI=1S/C18H27FN2O3S/c1-14(2)11-21(16-7-9-24-10-8-16)17-12-20(13-17)25(22,23)18-5-3-15(19)4-6-18/h3-6,14,16-17H,7-13H2,1-2H3. The van der Waals surface area contributed by atoms with Crippen LogP contribution in [0.15, 0.2) is 29.2 Å². The van der Waals surface area contributed by atoms with E-state index < -0.39 is 15.8 Å². The summed E-state index contributed by atoms with van der Waals surface area (Å²) in [6, 6.07) is 5.77. The van der Waals surface area contributed by atoms with Crippen molar-refractivity contribution in [3.05, 3.63) is 30.1 Å². The fourth-order valence-electron chi connectivity index (χ4n) is 3.61. The van der Waals surface area contributed by atoms with Gasteiger partial charge >= 0.3 is 0 Å². The van der Waals surface area contributed by atoms with Crippen LogP contribution < -0.4 is 0 Å². The molecule has 25 heavy (non-hydrogen) atoms. The maximum atomic E-state index is 13.0. The predicted octanol–water partition coefficient (Wildman–Crippen LogP) is 2.34. The minimum Gasteiger partial charge on any atom is -0.381 e. The van der Waals surface area contributed by atoms with Gasteiger partial charge in [0.2, 0.25) is 10.0 Å². The maximum absolute atomic E-state index is 13.0. The van der Waals surface area contributed by atoms with Gasteiger partial charge in [-0.3, -0.25) is 4.90 Å². The molecule has 1 aromatic rings. The molecule has 2 fully saturated rings. The maximum Gasteiger partial charge on any atom is 0.243 e. The first kappa shape index (κ1) is 18.8. The zero-order valence-electron chi connectivity index (χ0n) is 14.9. The third-order valence-corrected chi connectivity index (χ3v) is 6.83. The van der Waals surface area contributed by atoms with Crippen LogP contribution in [0.2, 0.25) is 0 Å². The van der Waals surface area contributed by atoms with Gasteiger partial charge in [0.25, 0.3) is 0 Å². The van der Waals surface area contributed by atoms with Crippen LogP contribution in [0, 0.1) is 11.7 Å². The first-order valence-electron chi connectivity index (χ1n) is 8.97. The highest BCUT2D eigenvalue weighted by molar-refractivity contribution is 7.89. The van der Waals surface area contributed by atoms with E-state index in [1.54, 1.807) is 0 Å². The zero-order chi connectivity index (χ0) is 18.0. The lowest BCUT2D eigenvalue weighted by Crippen LogP contribution is -2.64. The van der Waals surface area contributed by atoms with E-state index in [0.29, 0.717) is 25.0 Å². The van der Waals surface area contributed by atoms with Gasteiger partial charge in [-0.1, -0.05) is 13.8 Å². The second kappa shape index (κ2) is 7.70. The molecule has 0 amide bonds. The molecular formula is C18H27FN2O3S. The SMILES string of the molecule is CC(C)CN(C1CCOCC1)C1CN(S(=O)(=O)c2ccc(F)cc2)C1. The van der Waals surface area contributed by atoms with Gasteiger partial charge in [-0.15, -0.1) is 0 Å². The number of halogens is 1. The summed E-state index contributed by atoms with van der Waals surface area (Å²) in [5.74, 6) is 0.105. The summed E-state index contributed by atoms with van der Waals surface area (Å²) in [6.07, 6.45) is 2.02. The Bertz CT molecular complexity index is 666. The summed E-state index contributed by atoms with van der Waals surface area (Å²) in [7, 11) is -3.53. The third-order valence-electron chi connectivity index (χ3n) is 4.99. The van der Waals surface area contributed by atoms with Crippen LogP contribution in [0.3, 0.4) is 0 Å². The predicted molar refractivity (Wildman–Crippen MR) is 94.3 cm³/mol. The van der Waals surface area contributed by atoms with Crippen LogP contribution in [0.4, 0.5) is 4.39 Å². The summed E-state index contributed by atoms with van der Waals surface area (Å²) in [5, 5.41) is 0. The van der Waals surface area contributed by atoms with E-state index in [2.05, 4.69) is 18.7 Å². The number of ether oxygens (including phenoxy) is 1. The molecule has 5 nitrogen and oxygen atoms in total. The molecule has 0 atom stereocenters. The molecule has 2 heterocycles. The van der Waals surface area contributed by atoms with Gasteiger partial charge < -0.3 is 4.74 Å². The number of rotatable bonds is 6. The molecule has 3 rings (SSSR count). The van der Waals surface area contributed by atoms with Crippen LogP contribution >= 0.6 is 0 Å². The van der Waals surface area contributed by atoms with Crippen LogP contribution in [-0.2, 0) is 14.8 Å². The van der Waals surface area contributed by atoms with Gasteiger partial charge in [0.05, 0.1) is 4.90 Å². The number of hydrogen-bond acceptors (Lipinski definition) is 4. The number of benzene rings is 1. The molecule has 2 aliphatic rings. The Balaban J connectivity index is 1.66. The molecule has 0 unspecified atom stereocenters. The Hall–Kier alpha value is -1.02. The lowest BCUT2D eigenvalue weighted by Gasteiger charge is -2.48. The molecule has 2 aliphatic heterocycles. The fourth-order valence-corrected chi connectivity index (χ4v) is 5.13. The van der Waals surface area contributed by atoms with Crippen molar-refractivity contribution in [3.63, 3.8) is 0 Å². The summed E-state index contributed by atoms with van der Waals surface area (Å²) in [5.41, 5.74) is 0. The average Bonchev–Trinajstić information content (AvgIpc) is 2.53. The molecule has 0 aliphatic carbocycles. The van der Waals surface area contributed by atoms with Crippen LogP contribution in [0.1, 0.15) is 26.7 Å². The average molecular weight is 370 g/mol.